The van der Waals surface area contributed by atoms with Crippen molar-refractivity contribution in [2.45, 2.75) is 12.6 Å². The smallest absolute Gasteiger partial charge is 0.123 e. The molecule has 3 heteroatoms. The summed E-state index contributed by atoms with van der Waals surface area (Å²) in [6, 6.07) is 4.55. The number of hydrogen-bond acceptors (Lipinski definition) is 2. The van der Waals surface area contributed by atoms with E-state index in [-0.39, 0.29) is 11.9 Å². The first-order chi connectivity index (χ1) is 5.77. The molecular formula is C9H10FNO. The molecule has 0 amide bonds. The molecule has 1 aliphatic heterocycles. The minimum absolute atomic E-state index is 0.102. The van der Waals surface area contributed by atoms with Gasteiger partial charge in [0, 0.05) is 0 Å². The van der Waals surface area contributed by atoms with Gasteiger partial charge in [0.05, 0.1) is 19.3 Å². The van der Waals surface area contributed by atoms with Crippen molar-refractivity contribution in [2.24, 2.45) is 5.73 Å². The first kappa shape index (κ1) is 7.71. The van der Waals surface area contributed by atoms with E-state index in [0.717, 1.165) is 11.1 Å². The maximum Gasteiger partial charge on any atom is 0.123 e. The summed E-state index contributed by atoms with van der Waals surface area (Å²) in [7, 11) is 0. The SMILES string of the molecule is N[C@H]1COCc2cc(F)ccc21. The van der Waals surface area contributed by atoms with Crippen LogP contribution in [-0.4, -0.2) is 6.61 Å². The molecule has 2 rings (SSSR count). The average Bonchev–Trinajstić information content (AvgIpc) is 2.04. The van der Waals surface area contributed by atoms with Crippen LogP contribution < -0.4 is 5.73 Å². The molecule has 1 aliphatic rings. The molecule has 64 valence electrons. The highest BCUT2D eigenvalue weighted by atomic mass is 19.1. The van der Waals surface area contributed by atoms with Crippen LogP contribution in [0.4, 0.5) is 4.39 Å². The highest BCUT2D eigenvalue weighted by molar-refractivity contribution is 5.31. The molecule has 1 aromatic carbocycles. The van der Waals surface area contributed by atoms with E-state index in [0.29, 0.717) is 13.2 Å². The minimum atomic E-state index is -0.230. The molecule has 0 fully saturated rings. The lowest BCUT2D eigenvalue weighted by molar-refractivity contribution is 0.0921. The minimum Gasteiger partial charge on any atom is -0.375 e. The summed E-state index contributed by atoms with van der Waals surface area (Å²) in [5.74, 6) is -0.230. The number of benzene rings is 1. The molecular weight excluding hydrogens is 157 g/mol. The maximum absolute atomic E-state index is 12.7. The number of nitrogens with two attached hydrogens (primary N) is 1. The van der Waals surface area contributed by atoms with E-state index in [2.05, 4.69) is 0 Å². The summed E-state index contributed by atoms with van der Waals surface area (Å²) < 4.78 is 17.9. The zero-order valence-corrected chi connectivity index (χ0v) is 6.59. The third-order valence-corrected chi connectivity index (χ3v) is 2.06. The Bertz CT molecular complexity index is 301. The molecule has 0 spiro atoms. The standard InChI is InChI=1S/C9H10FNO/c10-7-1-2-8-6(3-7)4-12-5-9(8)11/h1-3,9H,4-5,11H2/t9-/m0/s1. The van der Waals surface area contributed by atoms with Crippen molar-refractivity contribution in [1.82, 2.24) is 0 Å². The van der Waals surface area contributed by atoms with E-state index in [1.807, 2.05) is 0 Å². The van der Waals surface area contributed by atoms with Gasteiger partial charge in [0.1, 0.15) is 5.82 Å². The quantitative estimate of drug-likeness (QED) is 0.633. The molecule has 2 N–H and O–H groups in total. The van der Waals surface area contributed by atoms with Crippen molar-refractivity contribution in [3.05, 3.63) is 35.1 Å². The monoisotopic (exact) mass is 167 g/mol. The van der Waals surface area contributed by atoms with Gasteiger partial charge in [0.2, 0.25) is 0 Å². The Balaban J connectivity index is 2.46. The number of halogens is 1. The lowest BCUT2D eigenvalue weighted by Crippen LogP contribution is -2.23. The Morgan fingerprint density at radius 2 is 2.33 bits per heavy atom. The molecule has 1 aromatic rings. The topological polar surface area (TPSA) is 35.2 Å². The summed E-state index contributed by atoms with van der Waals surface area (Å²) in [4.78, 5) is 0. The molecule has 0 unspecified atom stereocenters. The normalized spacial score (nSPS) is 22.0. The second kappa shape index (κ2) is 2.84. The van der Waals surface area contributed by atoms with Gasteiger partial charge in [-0.05, 0) is 23.3 Å². The Morgan fingerprint density at radius 3 is 3.17 bits per heavy atom. The lowest BCUT2D eigenvalue weighted by Gasteiger charge is -2.22. The third kappa shape index (κ3) is 1.21. The molecule has 2 nitrogen and oxygen atoms in total. The van der Waals surface area contributed by atoms with E-state index >= 15 is 0 Å². The van der Waals surface area contributed by atoms with Crippen molar-refractivity contribution in [3.8, 4) is 0 Å². The second-order valence-electron chi connectivity index (χ2n) is 2.96. The van der Waals surface area contributed by atoms with Crippen LogP contribution in [0.5, 0.6) is 0 Å². The van der Waals surface area contributed by atoms with Crippen LogP contribution in [0.15, 0.2) is 18.2 Å². The summed E-state index contributed by atoms with van der Waals surface area (Å²) in [6.07, 6.45) is 0. The van der Waals surface area contributed by atoms with Gasteiger partial charge in [-0.2, -0.15) is 0 Å². The fourth-order valence-corrected chi connectivity index (χ4v) is 1.45. The van der Waals surface area contributed by atoms with Crippen molar-refractivity contribution in [1.29, 1.82) is 0 Å². The van der Waals surface area contributed by atoms with Crippen molar-refractivity contribution >= 4 is 0 Å². The lowest BCUT2D eigenvalue weighted by atomic mass is 10.00. The van der Waals surface area contributed by atoms with Gasteiger partial charge < -0.3 is 10.5 Å². The Kier molecular flexibility index (Phi) is 1.83. The summed E-state index contributed by atoms with van der Waals surface area (Å²) in [5.41, 5.74) is 7.62. The average molecular weight is 167 g/mol. The summed E-state index contributed by atoms with van der Waals surface area (Å²) >= 11 is 0. The molecule has 0 bridgehead atoms. The molecule has 0 saturated carbocycles. The Hall–Kier alpha value is -0.930. The molecule has 1 atom stereocenters. The van der Waals surface area contributed by atoms with Gasteiger partial charge in [-0.1, -0.05) is 6.07 Å². The number of hydrogen-bond donors (Lipinski definition) is 1. The van der Waals surface area contributed by atoms with Crippen LogP contribution in [-0.2, 0) is 11.3 Å². The largest absolute Gasteiger partial charge is 0.375 e. The van der Waals surface area contributed by atoms with Crippen molar-refractivity contribution in [3.63, 3.8) is 0 Å². The zero-order valence-electron chi connectivity index (χ0n) is 6.59. The molecule has 0 saturated heterocycles. The predicted octanol–water partition coefficient (Wildman–Crippen LogP) is 1.36. The number of rotatable bonds is 0. The first-order valence-electron chi connectivity index (χ1n) is 3.89. The summed E-state index contributed by atoms with van der Waals surface area (Å²) in [5, 5.41) is 0. The van der Waals surface area contributed by atoms with E-state index < -0.39 is 0 Å². The molecule has 1 heterocycles. The van der Waals surface area contributed by atoms with E-state index in [1.165, 1.54) is 12.1 Å². The van der Waals surface area contributed by atoms with Crippen molar-refractivity contribution < 1.29 is 9.13 Å². The van der Waals surface area contributed by atoms with Crippen LogP contribution in [0.25, 0.3) is 0 Å². The predicted molar refractivity (Wildman–Crippen MR) is 43.0 cm³/mol. The summed E-state index contributed by atoms with van der Waals surface area (Å²) in [6.45, 7) is 0.999. The molecule has 12 heavy (non-hydrogen) atoms. The van der Waals surface area contributed by atoms with Crippen molar-refractivity contribution in [2.75, 3.05) is 6.61 Å². The number of fused-ring (bicyclic) bond motifs is 1. The van der Waals surface area contributed by atoms with E-state index in [1.54, 1.807) is 6.07 Å². The van der Waals surface area contributed by atoms with Crippen LogP contribution in [0, 0.1) is 5.82 Å². The zero-order chi connectivity index (χ0) is 8.55. The van der Waals surface area contributed by atoms with Gasteiger partial charge in [-0.15, -0.1) is 0 Å². The van der Waals surface area contributed by atoms with Crippen LogP contribution in [0.2, 0.25) is 0 Å². The van der Waals surface area contributed by atoms with Gasteiger partial charge in [-0.25, -0.2) is 4.39 Å². The maximum atomic E-state index is 12.7. The Morgan fingerprint density at radius 1 is 1.50 bits per heavy atom. The molecule has 0 radical (unpaired) electrons. The van der Waals surface area contributed by atoms with Crippen LogP contribution >= 0.6 is 0 Å². The fourth-order valence-electron chi connectivity index (χ4n) is 1.45. The van der Waals surface area contributed by atoms with E-state index in [4.69, 9.17) is 10.5 Å². The number of ether oxygens (including phenoxy) is 1. The van der Waals surface area contributed by atoms with Crippen LogP contribution in [0.1, 0.15) is 17.2 Å². The highest BCUT2D eigenvalue weighted by Gasteiger charge is 2.16. The van der Waals surface area contributed by atoms with Gasteiger partial charge in [0.25, 0.3) is 0 Å². The first-order valence-corrected chi connectivity index (χ1v) is 3.89. The fraction of sp³-hybridized carbons (Fsp3) is 0.333. The second-order valence-corrected chi connectivity index (χ2v) is 2.96. The van der Waals surface area contributed by atoms with E-state index in [9.17, 15) is 4.39 Å². The van der Waals surface area contributed by atoms with Gasteiger partial charge >= 0.3 is 0 Å². The highest BCUT2D eigenvalue weighted by Crippen LogP contribution is 2.23. The molecule has 0 aliphatic carbocycles. The third-order valence-electron chi connectivity index (χ3n) is 2.06. The van der Waals surface area contributed by atoms with Crippen LogP contribution in [0.3, 0.4) is 0 Å². The molecule has 0 aromatic heterocycles. The van der Waals surface area contributed by atoms with Gasteiger partial charge in [0.15, 0.2) is 0 Å². The van der Waals surface area contributed by atoms with Gasteiger partial charge in [-0.3, -0.25) is 0 Å². The Labute approximate surface area is 70.1 Å².